The number of ether oxygens (including phenoxy) is 1. The summed E-state index contributed by atoms with van der Waals surface area (Å²) in [6.45, 7) is 15.8. The second kappa shape index (κ2) is 8.65. The SMILES string of the molecule is C=CCOc1c(-c2ccccc2)cccc1C(C)CC1=C(C)C(C)C(C)=C1C. The highest BCUT2D eigenvalue weighted by atomic mass is 16.5. The van der Waals surface area contributed by atoms with Crippen LogP contribution in [0.5, 0.6) is 5.75 Å². The first-order valence-corrected chi connectivity index (χ1v) is 10.2. The molecule has 0 bridgehead atoms. The molecule has 28 heavy (non-hydrogen) atoms. The van der Waals surface area contributed by atoms with Crippen molar-refractivity contribution in [2.45, 2.75) is 47.0 Å². The highest BCUT2D eigenvalue weighted by Gasteiger charge is 2.25. The largest absolute Gasteiger partial charge is 0.489 e. The Morgan fingerprint density at radius 3 is 2.32 bits per heavy atom. The molecular formula is C27H32O. The fourth-order valence-electron chi connectivity index (χ4n) is 4.27. The van der Waals surface area contributed by atoms with Gasteiger partial charge in [0, 0.05) is 5.56 Å². The Hall–Kier alpha value is -2.54. The van der Waals surface area contributed by atoms with Crippen LogP contribution >= 0.6 is 0 Å². The van der Waals surface area contributed by atoms with Crippen molar-refractivity contribution in [2.24, 2.45) is 5.92 Å². The maximum atomic E-state index is 6.21. The third kappa shape index (κ3) is 3.85. The molecule has 1 heteroatoms. The van der Waals surface area contributed by atoms with Crippen molar-refractivity contribution in [3.8, 4) is 16.9 Å². The first kappa shape index (κ1) is 20.2. The minimum absolute atomic E-state index is 0.376. The molecule has 0 heterocycles. The molecule has 146 valence electrons. The second-order valence-electron chi connectivity index (χ2n) is 7.99. The lowest BCUT2D eigenvalue weighted by molar-refractivity contribution is 0.358. The van der Waals surface area contributed by atoms with Crippen LogP contribution in [0.4, 0.5) is 0 Å². The molecule has 0 fully saturated rings. The van der Waals surface area contributed by atoms with Crippen LogP contribution in [0.15, 0.2) is 83.5 Å². The smallest absolute Gasteiger partial charge is 0.131 e. The van der Waals surface area contributed by atoms with Crippen LogP contribution in [0.3, 0.4) is 0 Å². The van der Waals surface area contributed by atoms with Crippen LogP contribution in [0.25, 0.3) is 11.1 Å². The Labute approximate surface area is 170 Å². The summed E-state index contributed by atoms with van der Waals surface area (Å²) in [6.07, 6.45) is 2.86. The summed E-state index contributed by atoms with van der Waals surface area (Å²) in [5.41, 5.74) is 9.65. The predicted molar refractivity (Wildman–Crippen MR) is 121 cm³/mol. The van der Waals surface area contributed by atoms with Crippen molar-refractivity contribution in [2.75, 3.05) is 6.61 Å². The average Bonchev–Trinajstić information content (AvgIpc) is 2.90. The number of hydrogen-bond donors (Lipinski definition) is 0. The third-order valence-corrected chi connectivity index (χ3v) is 6.34. The fourth-order valence-corrected chi connectivity index (χ4v) is 4.27. The molecule has 2 aromatic carbocycles. The minimum atomic E-state index is 0.376. The Morgan fingerprint density at radius 2 is 1.71 bits per heavy atom. The van der Waals surface area contributed by atoms with Gasteiger partial charge in [0.1, 0.15) is 12.4 Å². The highest BCUT2D eigenvalue weighted by Crippen LogP contribution is 2.44. The maximum Gasteiger partial charge on any atom is 0.131 e. The standard InChI is InChI=1S/C27H32O/c1-7-16-28-27-24(14-11-15-25(27)23-12-9-8-10-13-23)18(2)17-26-21(5)19(3)20(4)22(26)6/h7-15,18-19H,1,16-17H2,2-6H3. The van der Waals surface area contributed by atoms with E-state index in [1.807, 2.05) is 12.1 Å². The molecule has 2 aromatic rings. The highest BCUT2D eigenvalue weighted by molar-refractivity contribution is 5.72. The van der Waals surface area contributed by atoms with E-state index < -0.39 is 0 Å². The van der Waals surface area contributed by atoms with Crippen molar-refractivity contribution in [1.29, 1.82) is 0 Å². The summed E-state index contributed by atoms with van der Waals surface area (Å²) in [5, 5.41) is 0. The summed E-state index contributed by atoms with van der Waals surface area (Å²) in [6, 6.07) is 17.0. The van der Waals surface area contributed by atoms with E-state index in [0.29, 0.717) is 18.4 Å². The van der Waals surface area contributed by atoms with Crippen LogP contribution in [0, 0.1) is 5.92 Å². The molecule has 0 spiro atoms. The van der Waals surface area contributed by atoms with Gasteiger partial charge in [-0.3, -0.25) is 0 Å². The average molecular weight is 373 g/mol. The molecule has 0 aromatic heterocycles. The zero-order valence-corrected chi connectivity index (χ0v) is 17.9. The third-order valence-electron chi connectivity index (χ3n) is 6.34. The molecule has 0 aliphatic heterocycles. The molecule has 0 radical (unpaired) electrons. The summed E-state index contributed by atoms with van der Waals surface area (Å²) in [4.78, 5) is 0. The van der Waals surface area contributed by atoms with E-state index in [2.05, 4.69) is 83.7 Å². The zero-order chi connectivity index (χ0) is 20.3. The number of benzene rings is 2. The molecule has 1 nitrogen and oxygen atoms in total. The fraction of sp³-hybridized carbons (Fsp3) is 0.333. The van der Waals surface area contributed by atoms with Gasteiger partial charge in [-0.1, -0.05) is 86.2 Å². The van der Waals surface area contributed by atoms with Crippen molar-refractivity contribution in [3.05, 3.63) is 89.0 Å². The molecule has 0 amide bonds. The van der Waals surface area contributed by atoms with Gasteiger partial charge in [-0.15, -0.1) is 0 Å². The summed E-state index contributed by atoms with van der Waals surface area (Å²) < 4.78 is 6.21. The molecule has 1 aliphatic carbocycles. The molecule has 2 unspecified atom stereocenters. The van der Waals surface area contributed by atoms with Gasteiger partial charge < -0.3 is 4.74 Å². The van der Waals surface area contributed by atoms with Crippen molar-refractivity contribution >= 4 is 0 Å². The Bertz CT molecular complexity index is 915. The quantitative estimate of drug-likeness (QED) is 0.452. The molecule has 2 atom stereocenters. The van der Waals surface area contributed by atoms with E-state index in [4.69, 9.17) is 4.74 Å². The van der Waals surface area contributed by atoms with Gasteiger partial charge in [0.15, 0.2) is 0 Å². The van der Waals surface area contributed by atoms with Gasteiger partial charge in [-0.05, 0) is 61.3 Å². The second-order valence-corrected chi connectivity index (χ2v) is 7.99. The first-order valence-electron chi connectivity index (χ1n) is 10.2. The number of allylic oxidation sites excluding steroid dienone is 4. The van der Waals surface area contributed by atoms with Gasteiger partial charge in [0.2, 0.25) is 0 Å². The molecule has 1 aliphatic rings. The lowest BCUT2D eigenvalue weighted by atomic mass is 9.87. The summed E-state index contributed by atoms with van der Waals surface area (Å²) in [7, 11) is 0. The lowest BCUT2D eigenvalue weighted by Crippen LogP contribution is -2.04. The molecule has 0 N–H and O–H groups in total. The zero-order valence-electron chi connectivity index (χ0n) is 17.9. The minimum Gasteiger partial charge on any atom is -0.489 e. The summed E-state index contributed by atoms with van der Waals surface area (Å²) in [5.74, 6) is 1.93. The lowest BCUT2D eigenvalue weighted by Gasteiger charge is -2.21. The van der Waals surface area contributed by atoms with E-state index in [0.717, 1.165) is 17.7 Å². The van der Waals surface area contributed by atoms with Crippen LogP contribution in [-0.4, -0.2) is 6.61 Å². The maximum absolute atomic E-state index is 6.21. The number of para-hydroxylation sites is 1. The van der Waals surface area contributed by atoms with E-state index >= 15 is 0 Å². The molecule has 0 saturated heterocycles. The first-order chi connectivity index (χ1) is 13.5. The predicted octanol–water partition coefficient (Wildman–Crippen LogP) is 7.71. The Kier molecular flexibility index (Phi) is 6.24. The van der Waals surface area contributed by atoms with Crippen LogP contribution in [-0.2, 0) is 0 Å². The van der Waals surface area contributed by atoms with Gasteiger partial charge in [0.05, 0.1) is 0 Å². The van der Waals surface area contributed by atoms with E-state index in [1.165, 1.54) is 33.4 Å². The van der Waals surface area contributed by atoms with Crippen molar-refractivity contribution < 1.29 is 4.74 Å². The van der Waals surface area contributed by atoms with Crippen molar-refractivity contribution in [3.63, 3.8) is 0 Å². The van der Waals surface area contributed by atoms with Gasteiger partial charge >= 0.3 is 0 Å². The van der Waals surface area contributed by atoms with Crippen LogP contribution in [0.2, 0.25) is 0 Å². The normalized spacial score (nSPS) is 17.8. The van der Waals surface area contributed by atoms with E-state index in [9.17, 15) is 0 Å². The molecule has 3 rings (SSSR count). The molecular weight excluding hydrogens is 340 g/mol. The Balaban J connectivity index is 2.00. The van der Waals surface area contributed by atoms with Crippen molar-refractivity contribution in [1.82, 2.24) is 0 Å². The van der Waals surface area contributed by atoms with Crippen LogP contribution < -0.4 is 4.74 Å². The topological polar surface area (TPSA) is 9.23 Å². The van der Waals surface area contributed by atoms with Gasteiger partial charge in [-0.25, -0.2) is 0 Å². The van der Waals surface area contributed by atoms with Gasteiger partial charge in [0.25, 0.3) is 0 Å². The Morgan fingerprint density at radius 1 is 1.00 bits per heavy atom. The number of hydrogen-bond acceptors (Lipinski definition) is 1. The number of rotatable bonds is 7. The van der Waals surface area contributed by atoms with E-state index in [-0.39, 0.29) is 0 Å². The monoisotopic (exact) mass is 372 g/mol. The van der Waals surface area contributed by atoms with E-state index in [1.54, 1.807) is 0 Å². The van der Waals surface area contributed by atoms with Crippen LogP contribution in [0.1, 0.15) is 52.5 Å². The van der Waals surface area contributed by atoms with Gasteiger partial charge in [-0.2, -0.15) is 0 Å². The molecule has 0 saturated carbocycles. The summed E-state index contributed by atoms with van der Waals surface area (Å²) >= 11 is 0.